The van der Waals surface area contributed by atoms with Crippen molar-refractivity contribution in [2.45, 2.75) is 38.5 Å². The van der Waals surface area contributed by atoms with E-state index in [1.807, 2.05) is 0 Å². The van der Waals surface area contributed by atoms with Crippen LogP contribution in [0, 0.1) is 12.3 Å². The maximum Gasteiger partial charge on any atom is 0.321 e. The largest absolute Gasteiger partial charge is 0.383 e. The molecule has 0 heterocycles. The zero-order valence-corrected chi connectivity index (χ0v) is 14.9. The van der Waals surface area contributed by atoms with Crippen LogP contribution < -0.4 is 16.8 Å². The molecule has 7 heteroatoms. The summed E-state index contributed by atoms with van der Waals surface area (Å²) in [5, 5.41) is 3.06. The Bertz CT molecular complexity index is 641. The average molecular weight is 359 g/mol. The van der Waals surface area contributed by atoms with Gasteiger partial charge in [-0.2, -0.15) is 0 Å². The zero-order valence-electron chi connectivity index (χ0n) is 14.9. The quantitative estimate of drug-likeness (QED) is 0.659. The van der Waals surface area contributed by atoms with Crippen LogP contribution in [0.25, 0.3) is 0 Å². The highest BCUT2D eigenvalue weighted by Crippen LogP contribution is 2.27. The lowest BCUT2D eigenvalue weighted by atomic mass is 9.86. The first-order chi connectivity index (χ1) is 12.5. The highest BCUT2D eigenvalue weighted by Gasteiger charge is 2.21. The molecular weight excluding hydrogens is 332 g/mol. The maximum atomic E-state index is 12.3. The van der Waals surface area contributed by atoms with Crippen LogP contribution in [0.2, 0.25) is 0 Å². The molecule has 0 bridgehead atoms. The molecule has 5 N–H and O–H groups in total. The van der Waals surface area contributed by atoms with Crippen molar-refractivity contribution < 1.29 is 14.4 Å². The number of rotatable bonds is 8. The predicted octanol–water partition coefficient (Wildman–Crippen LogP) is 2.28. The smallest absolute Gasteiger partial charge is 0.321 e. The first kappa shape index (κ1) is 19.8. The molecule has 0 saturated heterocycles. The van der Waals surface area contributed by atoms with Crippen molar-refractivity contribution >= 4 is 23.5 Å². The van der Waals surface area contributed by atoms with Gasteiger partial charge in [-0.05, 0) is 30.5 Å². The second kappa shape index (κ2) is 9.79. The normalized spacial score (nSPS) is 14.6. The summed E-state index contributed by atoms with van der Waals surface area (Å²) in [6, 6.07) is 5.96. The van der Waals surface area contributed by atoms with Crippen molar-refractivity contribution in [1.29, 1.82) is 0 Å². The molecule has 0 aromatic heterocycles. The minimum absolute atomic E-state index is 0.149. The Labute approximate surface area is 154 Å². The van der Waals surface area contributed by atoms with E-state index in [1.54, 1.807) is 30.7 Å². The van der Waals surface area contributed by atoms with E-state index in [-0.39, 0.29) is 12.5 Å². The molecule has 1 radical (unpaired) electrons. The number of carbonyl (C=O) groups is 3. The number of nitrogens with two attached hydrogens (primary N) is 2. The molecule has 1 saturated carbocycles. The molecule has 141 valence electrons. The zero-order chi connectivity index (χ0) is 18.9. The van der Waals surface area contributed by atoms with Crippen LogP contribution in [0.1, 0.15) is 48.9 Å². The number of nitrogens with one attached hydrogen (secondary N) is 1. The molecule has 4 amide bonds. The van der Waals surface area contributed by atoms with Gasteiger partial charge in [0.05, 0.1) is 6.42 Å². The van der Waals surface area contributed by atoms with Gasteiger partial charge in [-0.25, -0.2) is 4.79 Å². The summed E-state index contributed by atoms with van der Waals surface area (Å²) in [7, 11) is 0. The van der Waals surface area contributed by atoms with E-state index < -0.39 is 11.9 Å². The summed E-state index contributed by atoms with van der Waals surface area (Å²) < 4.78 is 0. The molecule has 1 aromatic carbocycles. The SMILES string of the molecule is NC(=O)c1cccc(NCCN(C(N)=O)C(=O)[CH]CC2CCCCC2)c1. The minimum atomic E-state index is -0.761. The Morgan fingerprint density at radius 1 is 1.15 bits per heavy atom. The lowest BCUT2D eigenvalue weighted by Crippen LogP contribution is -2.43. The number of benzene rings is 1. The Kier molecular flexibility index (Phi) is 7.44. The number of carbonyl (C=O) groups excluding carboxylic acids is 3. The third kappa shape index (κ3) is 6.06. The Morgan fingerprint density at radius 2 is 1.88 bits per heavy atom. The molecule has 0 aliphatic heterocycles. The van der Waals surface area contributed by atoms with E-state index in [1.165, 1.54) is 19.3 Å². The number of nitrogens with zero attached hydrogens (tertiary/aromatic N) is 1. The summed E-state index contributed by atoms with van der Waals surface area (Å²) >= 11 is 0. The summed E-state index contributed by atoms with van der Waals surface area (Å²) in [6.07, 6.45) is 8.23. The number of hydrogen-bond acceptors (Lipinski definition) is 4. The van der Waals surface area contributed by atoms with E-state index >= 15 is 0 Å². The summed E-state index contributed by atoms with van der Waals surface area (Å²) in [5.41, 5.74) is 11.7. The van der Waals surface area contributed by atoms with Crippen molar-refractivity contribution in [2.24, 2.45) is 17.4 Å². The molecule has 1 fully saturated rings. The number of primary amides is 2. The molecule has 0 atom stereocenters. The molecule has 26 heavy (non-hydrogen) atoms. The number of imide groups is 1. The van der Waals surface area contributed by atoms with Gasteiger partial charge >= 0.3 is 6.03 Å². The van der Waals surface area contributed by atoms with E-state index in [4.69, 9.17) is 11.5 Å². The molecule has 0 unspecified atom stereocenters. The number of amides is 4. The van der Waals surface area contributed by atoms with Gasteiger partial charge in [0, 0.05) is 24.3 Å². The van der Waals surface area contributed by atoms with Gasteiger partial charge in [-0.15, -0.1) is 0 Å². The first-order valence-electron chi connectivity index (χ1n) is 9.05. The van der Waals surface area contributed by atoms with Crippen molar-refractivity contribution in [3.63, 3.8) is 0 Å². The predicted molar refractivity (Wildman–Crippen MR) is 100 cm³/mol. The maximum absolute atomic E-state index is 12.3. The second-order valence-electron chi connectivity index (χ2n) is 6.64. The molecule has 0 spiro atoms. The highest BCUT2D eigenvalue weighted by molar-refractivity contribution is 5.98. The van der Waals surface area contributed by atoms with Crippen LogP contribution >= 0.6 is 0 Å². The lowest BCUT2D eigenvalue weighted by molar-refractivity contribution is -0.124. The van der Waals surface area contributed by atoms with Crippen molar-refractivity contribution in [2.75, 3.05) is 18.4 Å². The van der Waals surface area contributed by atoms with Crippen LogP contribution in [-0.4, -0.2) is 35.8 Å². The first-order valence-corrected chi connectivity index (χ1v) is 9.05. The molecule has 1 aliphatic carbocycles. The third-order valence-electron chi connectivity index (χ3n) is 4.69. The molecule has 2 rings (SSSR count). The topological polar surface area (TPSA) is 119 Å². The summed E-state index contributed by atoms with van der Waals surface area (Å²) in [4.78, 5) is 36.1. The number of hydrogen-bond donors (Lipinski definition) is 3. The van der Waals surface area contributed by atoms with E-state index in [9.17, 15) is 14.4 Å². The Balaban J connectivity index is 1.81. The van der Waals surface area contributed by atoms with Crippen LogP contribution in [0.15, 0.2) is 24.3 Å². The third-order valence-corrected chi connectivity index (χ3v) is 4.69. The van der Waals surface area contributed by atoms with Gasteiger partial charge in [0.2, 0.25) is 11.8 Å². The number of anilines is 1. The fraction of sp³-hybridized carbons (Fsp3) is 0.474. The molecule has 1 aromatic rings. The van der Waals surface area contributed by atoms with Crippen molar-refractivity contribution in [1.82, 2.24) is 4.90 Å². The van der Waals surface area contributed by atoms with Crippen molar-refractivity contribution in [3.8, 4) is 0 Å². The van der Waals surface area contributed by atoms with Gasteiger partial charge < -0.3 is 16.8 Å². The molecular formula is C19H27N4O3. The van der Waals surface area contributed by atoms with E-state index in [0.29, 0.717) is 30.1 Å². The highest BCUT2D eigenvalue weighted by atomic mass is 16.2. The number of urea groups is 1. The molecule has 7 nitrogen and oxygen atoms in total. The average Bonchev–Trinajstić information content (AvgIpc) is 2.64. The summed E-state index contributed by atoms with van der Waals surface area (Å²) in [5.74, 6) is -0.340. The fourth-order valence-corrected chi connectivity index (χ4v) is 3.22. The van der Waals surface area contributed by atoms with Crippen LogP contribution in [0.4, 0.5) is 10.5 Å². The van der Waals surface area contributed by atoms with Gasteiger partial charge in [0.1, 0.15) is 0 Å². The van der Waals surface area contributed by atoms with Gasteiger partial charge in [-0.3, -0.25) is 14.5 Å². The van der Waals surface area contributed by atoms with E-state index in [0.717, 1.165) is 17.7 Å². The van der Waals surface area contributed by atoms with Crippen LogP contribution in [-0.2, 0) is 4.79 Å². The van der Waals surface area contributed by atoms with Gasteiger partial charge in [0.15, 0.2) is 0 Å². The minimum Gasteiger partial charge on any atom is -0.383 e. The lowest BCUT2D eigenvalue weighted by Gasteiger charge is -2.23. The van der Waals surface area contributed by atoms with Crippen molar-refractivity contribution in [3.05, 3.63) is 36.2 Å². The van der Waals surface area contributed by atoms with E-state index in [2.05, 4.69) is 5.32 Å². The van der Waals surface area contributed by atoms with Crippen LogP contribution in [0.3, 0.4) is 0 Å². The van der Waals surface area contributed by atoms with Gasteiger partial charge in [-0.1, -0.05) is 38.2 Å². The Hall–Kier alpha value is -2.57. The molecule has 1 aliphatic rings. The fourth-order valence-electron chi connectivity index (χ4n) is 3.22. The summed E-state index contributed by atoms with van der Waals surface area (Å²) in [6.45, 7) is 0.476. The van der Waals surface area contributed by atoms with Crippen LogP contribution in [0.5, 0.6) is 0 Å². The standard InChI is InChI=1S/C19H27N4O3/c20-18(25)15-7-4-8-16(13-15)22-11-12-23(19(21)26)17(24)10-9-14-5-2-1-3-6-14/h4,7-8,10,13-14,22H,1-3,5-6,9,11-12H2,(H2,20,25)(H2,21,26). The van der Waals surface area contributed by atoms with Gasteiger partial charge in [0.25, 0.3) is 0 Å². The Morgan fingerprint density at radius 3 is 2.54 bits per heavy atom. The monoisotopic (exact) mass is 359 g/mol. The second-order valence-corrected chi connectivity index (χ2v) is 6.64.